The molecule has 22 heavy (non-hydrogen) atoms. The molecule has 2 rings (SSSR count). The van der Waals surface area contributed by atoms with Crippen molar-refractivity contribution in [3.8, 4) is 11.5 Å². The highest BCUT2D eigenvalue weighted by atomic mass is 16.5. The van der Waals surface area contributed by atoms with E-state index in [0.29, 0.717) is 22.4 Å². The van der Waals surface area contributed by atoms with Crippen molar-refractivity contribution in [2.45, 2.75) is 13.3 Å². The van der Waals surface area contributed by atoms with Gasteiger partial charge in [-0.2, -0.15) is 0 Å². The molecule has 116 valence electrons. The minimum absolute atomic E-state index is 0.243. The highest BCUT2D eigenvalue weighted by molar-refractivity contribution is 6.15. The van der Waals surface area contributed by atoms with Crippen LogP contribution in [0.3, 0.4) is 0 Å². The van der Waals surface area contributed by atoms with Crippen LogP contribution in [-0.4, -0.2) is 32.6 Å². The van der Waals surface area contributed by atoms with Gasteiger partial charge in [0.1, 0.15) is 17.9 Å². The summed E-state index contributed by atoms with van der Waals surface area (Å²) in [5.41, 5.74) is 0.368. The lowest BCUT2D eigenvalue weighted by Gasteiger charge is -2.12. The third-order valence-corrected chi connectivity index (χ3v) is 3.30. The van der Waals surface area contributed by atoms with Gasteiger partial charge in [0.05, 0.1) is 26.4 Å². The predicted molar refractivity (Wildman–Crippen MR) is 82.6 cm³/mol. The van der Waals surface area contributed by atoms with Crippen LogP contribution in [0.15, 0.2) is 30.3 Å². The normalized spacial score (nSPS) is 10.3. The second kappa shape index (κ2) is 6.93. The molecule has 5 heteroatoms. The zero-order valence-electron chi connectivity index (χ0n) is 12.8. The SMILES string of the molecule is CCOC(=O)CC(=O)c1c(OC)ccc2ccc(OC)cc12. The monoisotopic (exact) mass is 302 g/mol. The van der Waals surface area contributed by atoms with E-state index in [0.717, 1.165) is 5.39 Å². The van der Waals surface area contributed by atoms with E-state index in [-0.39, 0.29) is 18.8 Å². The molecule has 0 radical (unpaired) electrons. The van der Waals surface area contributed by atoms with Crippen molar-refractivity contribution in [3.63, 3.8) is 0 Å². The maximum Gasteiger partial charge on any atom is 0.313 e. The van der Waals surface area contributed by atoms with Gasteiger partial charge in [0.15, 0.2) is 5.78 Å². The van der Waals surface area contributed by atoms with Gasteiger partial charge in [0, 0.05) is 0 Å². The van der Waals surface area contributed by atoms with E-state index in [2.05, 4.69) is 0 Å². The van der Waals surface area contributed by atoms with E-state index >= 15 is 0 Å². The molecule has 0 saturated carbocycles. The molecular weight excluding hydrogens is 284 g/mol. The number of hydrogen-bond donors (Lipinski definition) is 0. The Morgan fingerprint density at radius 2 is 1.77 bits per heavy atom. The molecule has 0 fully saturated rings. The Balaban J connectivity index is 2.53. The molecule has 0 atom stereocenters. The number of Topliss-reactive ketones (excluding diaryl/α,β-unsaturated/α-hetero) is 1. The summed E-state index contributed by atoms with van der Waals surface area (Å²) in [7, 11) is 3.05. The largest absolute Gasteiger partial charge is 0.497 e. The molecule has 2 aromatic rings. The maximum absolute atomic E-state index is 12.5. The molecule has 0 bridgehead atoms. The topological polar surface area (TPSA) is 61.8 Å². The average molecular weight is 302 g/mol. The van der Waals surface area contributed by atoms with Crippen molar-refractivity contribution >= 4 is 22.5 Å². The lowest BCUT2D eigenvalue weighted by Crippen LogP contribution is -2.12. The summed E-state index contributed by atoms with van der Waals surface area (Å²) in [6.45, 7) is 1.94. The average Bonchev–Trinajstić information content (AvgIpc) is 2.53. The summed E-state index contributed by atoms with van der Waals surface area (Å²) in [4.78, 5) is 24.1. The van der Waals surface area contributed by atoms with Crippen molar-refractivity contribution in [2.75, 3.05) is 20.8 Å². The van der Waals surface area contributed by atoms with Gasteiger partial charge in [0.25, 0.3) is 0 Å². The fourth-order valence-electron chi connectivity index (χ4n) is 2.29. The van der Waals surface area contributed by atoms with Crippen LogP contribution in [0, 0.1) is 0 Å². The third-order valence-electron chi connectivity index (χ3n) is 3.30. The van der Waals surface area contributed by atoms with Crippen molar-refractivity contribution in [2.24, 2.45) is 0 Å². The highest BCUT2D eigenvalue weighted by Gasteiger charge is 2.20. The van der Waals surface area contributed by atoms with E-state index in [1.165, 1.54) is 7.11 Å². The van der Waals surface area contributed by atoms with E-state index in [1.54, 1.807) is 26.2 Å². The Labute approximate surface area is 128 Å². The number of benzene rings is 2. The first-order valence-corrected chi connectivity index (χ1v) is 6.94. The molecular formula is C17H18O5. The summed E-state index contributed by atoms with van der Waals surface area (Å²) >= 11 is 0. The van der Waals surface area contributed by atoms with Crippen molar-refractivity contribution in [1.82, 2.24) is 0 Å². The second-order valence-electron chi connectivity index (χ2n) is 4.63. The van der Waals surface area contributed by atoms with Crippen molar-refractivity contribution in [3.05, 3.63) is 35.9 Å². The molecule has 5 nitrogen and oxygen atoms in total. The lowest BCUT2D eigenvalue weighted by molar-refractivity contribution is -0.141. The lowest BCUT2D eigenvalue weighted by atomic mass is 9.98. The molecule has 0 aromatic heterocycles. The van der Waals surface area contributed by atoms with Gasteiger partial charge in [-0.15, -0.1) is 0 Å². The summed E-state index contributed by atoms with van der Waals surface area (Å²) in [6, 6.07) is 9.00. The molecule has 0 heterocycles. The summed E-state index contributed by atoms with van der Waals surface area (Å²) in [6.07, 6.45) is -0.319. The zero-order valence-corrected chi connectivity index (χ0v) is 12.8. The van der Waals surface area contributed by atoms with E-state index < -0.39 is 5.97 Å². The Kier molecular flexibility index (Phi) is 4.99. The van der Waals surface area contributed by atoms with Gasteiger partial charge < -0.3 is 14.2 Å². The number of ether oxygens (including phenoxy) is 3. The number of carbonyl (C=O) groups is 2. The first-order chi connectivity index (χ1) is 10.6. The van der Waals surface area contributed by atoms with Gasteiger partial charge in [-0.3, -0.25) is 9.59 Å². The molecule has 0 amide bonds. The first kappa shape index (κ1) is 15.8. The molecule has 0 N–H and O–H groups in total. The van der Waals surface area contributed by atoms with E-state index in [4.69, 9.17) is 14.2 Å². The quantitative estimate of drug-likeness (QED) is 0.466. The van der Waals surface area contributed by atoms with Crippen LogP contribution in [0.5, 0.6) is 11.5 Å². The third kappa shape index (κ3) is 3.19. The minimum Gasteiger partial charge on any atom is -0.497 e. The van der Waals surface area contributed by atoms with Crippen LogP contribution < -0.4 is 9.47 Å². The number of carbonyl (C=O) groups excluding carboxylic acids is 2. The number of esters is 1. The van der Waals surface area contributed by atoms with Crippen LogP contribution >= 0.6 is 0 Å². The van der Waals surface area contributed by atoms with E-state index in [1.807, 2.05) is 18.2 Å². The van der Waals surface area contributed by atoms with Crippen LogP contribution in [0.25, 0.3) is 10.8 Å². The second-order valence-corrected chi connectivity index (χ2v) is 4.63. The Morgan fingerprint density at radius 3 is 2.41 bits per heavy atom. The number of rotatable bonds is 6. The Bertz CT molecular complexity index is 700. The molecule has 2 aromatic carbocycles. The maximum atomic E-state index is 12.5. The van der Waals surface area contributed by atoms with Gasteiger partial charge in [0.2, 0.25) is 0 Å². The molecule has 0 aliphatic rings. The molecule has 0 aliphatic heterocycles. The van der Waals surface area contributed by atoms with Crippen LogP contribution in [0.2, 0.25) is 0 Å². The summed E-state index contributed by atoms with van der Waals surface area (Å²) < 4.78 is 15.3. The van der Waals surface area contributed by atoms with Crippen molar-refractivity contribution in [1.29, 1.82) is 0 Å². The van der Waals surface area contributed by atoms with Crippen LogP contribution in [0.1, 0.15) is 23.7 Å². The smallest absolute Gasteiger partial charge is 0.313 e. The number of methoxy groups -OCH3 is 2. The fourth-order valence-corrected chi connectivity index (χ4v) is 2.29. The Morgan fingerprint density at radius 1 is 1.05 bits per heavy atom. The zero-order chi connectivity index (χ0) is 16.1. The van der Waals surface area contributed by atoms with Gasteiger partial charge in [-0.25, -0.2) is 0 Å². The summed E-state index contributed by atoms with van der Waals surface area (Å²) in [5.74, 6) is 0.171. The highest BCUT2D eigenvalue weighted by Crippen LogP contribution is 2.31. The fraction of sp³-hybridized carbons (Fsp3) is 0.294. The van der Waals surface area contributed by atoms with E-state index in [9.17, 15) is 9.59 Å². The molecule has 0 aliphatic carbocycles. The number of ketones is 1. The molecule has 0 saturated heterocycles. The predicted octanol–water partition coefficient (Wildman–Crippen LogP) is 2.99. The number of hydrogen-bond acceptors (Lipinski definition) is 5. The summed E-state index contributed by atoms with van der Waals surface area (Å²) in [5, 5.41) is 1.56. The number of fused-ring (bicyclic) bond motifs is 1. The van der Waals surface area contributed by atoms with Gasteiger partial charge in [-0.1, -0.05) is 12.1 Å². The first-order valence-electron chi connectivity index (χ1n) is 6.94. The molecule has 0 spiro atoms. The standard InChI is InChI=1S/C17H18O5/c1-4-22-16(19)10-14(18)17-13-9-12(20-2)7-5-11(13)6-8-15(17)21-3/h5-9H,4,10H2,1-3H3. The van der Waals surface area contributed by atoms with Crippen molar-refractivity contribution < 1.29 is 23.8 Å². The minimum atomic E-state index is -0.547. The van der Waals surface area contributed by atoms with Gasteiger partial charge >= 0.3 is 5.97 Å². The molecule has 0 unspecified atom stereocenters. The van der Waals surface area contributed by atoms with Crippen LogP contribution in [0.4, 0.5) is 0 Å². The Hall–Kier alpha value is -2.56. The van der Waals surface area contributed by atoms with Gasteiger partial charge in [-0.05, 0) is 35.9 Å². The van der Waals surface area contributed by atoms with Crippen LogP contribution in [-0.2, 0) is 9.53 Å².